The van der Waals surface area contributed by atoms with Crippen LogP contribution in [0.15, 0.2) is 11.9 Å². The number of allylic oxidation sites excluding steroid dienone is 1. The number of nitrogens with zero attached hydrogens (tertiary/aromatic N) is 1. The molecule has 1 atom stereocenters. The van der Waals surface area contributed by atoms with Crippen molar-refractivity contribution in [2.24, 2.45) is 5.73 Å². The predicted octanol–water partition coefficient (Wildman–Crippen LogP) is 1.86. The fraction of sp³-hybridized carbons (Fsp3) is 0.800. The summed E-state index contributed by atoms with van der Waals surface area (Å²) in [6.45, 7) is 2.26. The fourth-order valence-electron chi connectivity index (χ4n) is 2.08. The number of nitrogens with two attached hydrogens (primary N) is 1. The highest BCUT2D eigenvalue weighted by atomic mass is 15.1. The molecule has 1 radical (unpaired) electrons. The molecule has 71 valence electrons. The van der Waals surface area contributed by atoms with Crippen molar-refractivity contribution in [2.75, 3.05) is 0 Å². The van der Waals surface area contributed by atoms with Crippen molar-refractivity contribution in [3.05, 3.63) is 11.9 Å². The molecule has 2 fully saturated rings. The maximum absolute atomic E-state index is 5.61. The van der Waals surface area contributed by atoms with E-state index in [2.05, 4.69) is 19.1 Å². The van der Waals surface area contributed by atoms with Gasteiger partial charge < -0.3 is 10.5 Å². The van der Waals surface area contributed by atoms with Crippen molar-refractivity contribution in [3.8, 4) is 0 Å². The van der Waals surface area contributed by atoms with Crippen LogP contribution >= 0.6 is 0 Å². The van der Waals surface area contributed by atoms with Crippen LogP contribution in [0.25, 0.3) is 0 Å². The molecule has 1 saturated heterocycles. The van der Waals surface area contributed by atoms with Crippen LogP contribution in [-0.2, 0) is 0 Å². The Morgan fingerprint density at radius 3 is 2.85 bits per heavy atom. The lowest BCUT2D eigenvalue weighted by molar-refractivity contribution is 0.434. The Bertz CT molecular complexity index is 211. The van der Waals surface area contributed by atoms with Crippen molar-refractivity contribution >= 4 is 7.41 Å². The maximum Gasteiger partial charge on any atom is 0.249 e. The SMILES string of the molecule is CCC1CC/C(=C/N)N1[B]C1CC1. The largest absolute Gasteiger partial charge is 0.418 e. The molecule has 2 aliphatic rings. The van der Waals surface area contributed by atoms with Gasteiger partial charge in [0, 0.05) is 17.9 Å². The Hall–Kier alpha value is -0.595. The first-order valence-electron chi connectivity index (χ1n) is 5.39. The molecule has 0 spiro atoms. The maximum atomic E-state index is 5.61. The molecule has 2 N–H and O–H groups in total. The highest BCUT2D eigenvalue weighted by Gasteiger charge is 2.33. The van der Waals surface area contributed by atoms with Gasteiger partial charge in [0.25, 0.3) is 0 Å². The molecule has 0 aromatic heterocycles. The molecule has 3 heteroatoms. The van der Waals surface area contributed by atoms with E-state index in [0.29, 0.717) is 0 Å². The molecule has 13 heavy (non-hydrogen) atoms. The molecule has 1 heterocycles. The molecule has 0 amide bonds. The fourth-order valence-corrected chi connectivity index (χ4v) is 2.08. The van der Waals surface area contributed by atoms with E-state index < -0.39 is 0 Å². The summed E-state index contributed by atoms with van der Waals surface area (Å²) in [6.07, 6.45) is 8.23. The minimum atomic E-state index is 0.718. The van der Waals surface area contributed by atoms with Crippen molar-refractivity contribution in [1.82, 2.24) is 4.81 Å². The third-order valence-corrected chi connectivity index (χ3v) is 3.12. The van der Waals surface area contributed by atoms with E-state index in [1.165, 1.54) is 31.4 Å². The minimum Gasteiger partial charge on any atom is -0.418 e. The zero-order valence-corrected chi connectivity index (χ0v) is 8.37. The highest BCUT2D eigenvalue weighted by Crippen LogP contribution is 2.39. The third-order valence-electron chi connectivity index (χ3n) is 3.12. The van der Waals surface area contributed by atoms with Crippen molar-refractivity contribution in [3.63, 3.8) is 0 Å². The second kappa shape index (κ2) is 3.65. The molecular formula is C10H18BN2. The molecule has 0 aromatic carbocycles. The topological polar surface area (TPSA) is 29.3 Å². The summed E-state index contributed by atoms with van der Waals surface area (Å²) in [5.41, 5.74) is 6.95. The Labute approximate surface area is 81.4 Å². The van der Waals surface area contributed by atoms with Gasteiger partial charge in [-0.05, 0) is 25.1 Å². The van der Waals surface area contributed by atoms with Gasteiger partial charge in [-0.1, -0.05) is 19.8 Å². The van der Waals surface area contributed by atoms with E-state index in [1.807, 2.05) is 0 Å². The average Bonchev–Trinajstić information content (AvgIpc) is 2.86. The number of hydrogen-bond donors (Lipinski definition) is 1. The Kier molecular flexibility index (Phi) is 2.52. The lowest BCUT2D eigenvalue weighted by Gasteiger charge is -2.26. The summed E-state index contributed by atoms with van der Waals surface area (Å²) in [7, 11) is 2.40. The summed E-state index contributed by atoms with van der Waals surface area (Å²) in [5.74, 6) is 0.849. The monoisotopic (exact) mass is 177 g/mol. The summed E-state index contributed by atoms with van der Waals surface area (Å²) >= 11 is 0. The highest BCUT2D eigenvalue weighted by molar-refractivity contribution is 6.36. The normalized spacial score (nSPS) is 31.3. The van der Waals surface area contributed by atoms with Crippen molar-refractivity contribution in [1.29, 1.82) is 0 Å². The smallest absolute Gasteiger partial charge is 0.249 e. The first-order chi connectivity index (χ1) is 6.35. The Balaban J connectivity index is 1.99. The van der Waals surface area contributed by atoms with Gasteiger partial charge in [0.05, 0.1) is 0 Å². The van der Waals surface area contributed by atoms with Crippen molar-refractivity contribution in [2.45, 2.75) is 50.9 Å². The van der Waals surface area contributed by atoms with Crippen molar-refractivity contribution < 1.29 is 0 Å². The lowest BCUT2D eigenvalue weighted by atomic mass is 9.82. The molecule has 0 bridgehead atoms. The van der Waals surface area contributed by atoms with Crippen LogP contribution in [0.4, 0.5) is 0 Å². The minimum absolute atomic E-state index is 0.718. The summed E-state index contributed by atoms with van der Waals surface area (Å²) < 4.78 is 0. The number of rotatable bonds is 3. The average molecular weight is 177 g/mol. The molecule has 1 aliphatic carbocycles. The second-order valence-corrected chi connectivity index (χ2v) is 4.15. The van der Waals surface area contributed by atoms with Crippen LogP contribution in [-0.4, -0.2) is 18.3 Å². The summed E-state index contributed by atoms with van der Waals surface area (Å²) in [5, 5.41) is 0. The summed E-state index contributed by atoms with van der Waals surface area (Å²) in [4.78, 5) is 2.43. The first-order valence-corrected chi connectivity index (χ1v) is 5.39. The molecule has 1 unspecified atom stereocenters. The van der Waals surface area contributed by atoms with Crippen LogP contribution in [0, 0.1) is 0 Å². The van der Waals surface area contributed by atoms with Gasteiger partial charge >= 0.3 is 0 Å². The van der Waals surface area contributed by atoms with Gasteiger partial charge in [-0.15, -0.1) is 0 Å². The van der Waals surface area contributed by atoms with Crippen LogP contribution < -0.4 is 5.73 Å². The van der Waals surface area contributed by atoms with Crippen LogP contribution in [0.5, 0.6) is 0 Å². The third kappa shape index (κ3) is 1.84. The Morgan fingerprint density at radius 1 is 1.54 bits per heavy atom. The zero-order valence-electron chi connectivity index (χ0n) is 8.37. The Morgan fingerprint density at radius 2 is 2.31 bits per heavy atom. The lowest BCUT2D eigenvalue weighted by Crippen LogP contribution is -2.31. The van der Waals surface area contributed by atoms with Crippen LogP contribution in [0.3, 0.4) is 0 Å². The molecule has 2 rings (SSSR count). The van der Waals surface area contributed by atoms with Gasteiger partial charge in [-0.2, -0.15) is 0 Å². The standard InChI is InChI=1S/C10H18BN2/c1-2-9-5-6-10(7-12)13(9)11-8-3-4-8/h7-9H,2-6,12H2,1H3/b10-7-. The van der Waals surface area contributed by atoms with E-state index in [1.54, 1.807) is 6.20 Å². The van der Waals surface area contributed by atoms with Gasteiger partial charge in [-0.3, -0.25) is 0 Å². The first kappa shape index (κ1) is 8.98. The van der Waals surface area contributed by atoms with E-state index in [4.69, 9.17) is 5.73 Å². The number of hydrogen-bond acceptors (Lipinski definition) is 2. The predicted molar refractivity (Wildman–Crippen MR) is 56.2 cm³/mol. The summed E-state index contributed by atoms with van der Waals surface area (Å²) in [6, 6.07) is 0.718. The van der Waals surface area contributed by atoms with Gasteiger partial charge in [-0.25, -0.2) is 0 Å². The molecule has 1 saturated carbocycles. The van der Waals surface area contributed by atoms with Gasteiger partial charge in [0.15, 0.2) is 0 Å². The van der Waals surface area contributed by atoms with E-state index in [-0.39, 0.29) is 0 Å². The zero-order chi connectivity index (χ0) is 9.26. The van der Waals surface area contributed by atoms with E-state index >= 15 is 0 Å². The van der Waals surface area contributed by atoms with Crippen LogP contribution in [0.2, 0.25) is 5.82 Å². The van der Waals surface area contributed by atoms with Gasteiger partial charge in [0.1, 0.15) is 0 Å². The van der Waals surface area contributed by atoms with Crippen LogP contribution in [0.1, 0.15) is 39.0 Å². The van der Waals surface area contributed by atoms with E-state index in [0.717, 1.165) is 18.3 Å². The van der Waals surface area contributed by atoms with Gasteiger partial charge in [0.2, 0.25) is 7.41 Å². The molecule has 2 nitrogen and oxygen atoms in total. The molecule has 1 aliphatic heterocycles. The quantitative estimate of drug-likeness (QED) is 0.666. The molecule has 0 aromatic rings. The second-order valence-electron chi connectivity index (χ2n) is 4.15. The van der Waals surface area contributed by atoms with E-state index in [9.17, 15) is 0 Å². The molecular weight excluding hydrogens is 159 g/mol.